The topological polar surface area (TPSA) is 457 Å². The molecule has 27 nitrogen and oxygen atoms in total. The molecule has 68 heavy (non-hydrogen) atoms. The second kappa shape index (κ2) is 30.4. The molecule has 0 fully saturated rings. The van der Waals surface area contributed by atoms with E-state index >= 15 is 0 Å². The van der Waals surface area contributed by atoms with Crippen molar-refractivity contribution in [2.24, 2.45) is 29.0 Å². The van der Waals surface area contributed by atoms with E-state index in [2.05, 4.69) is 42.5 Å². The van der Waals surface area contributed by atoms with Crippen molar-refractivity contribution in [1.29, 1.82) is 0 Å². The Labute approximate surface area is 392 Å². The number of nitrogens with two attached hydrogens (primary N) is 3. The number of rotatable bonds is 33. The number of amides is 10. The van der Waals surface area contributed by atoms with Gasteiger partial charge in [-0.2, -0.15) is 0 Å². The summed E-state index contributed by atoms with van der Waals surface area (Å²) < 4.78 is 0. The van der Waals surface area contributed by atoms with Gasteiger partial charge in [0.2, 0.25) is 59.1 Å². The van der Waals surface area contributed by atoms with Gasteiger partial charge in [-0.05, 0) is 71.1 Å². The molecule has 0 aromatic heterocycles. The van der Waals surface area contributed by atoms with E-state index in [1.54, 1.807) is 27.7 Å². The first kappa shape index (κ1) is 61.1. The van der Waals surface area contributed by atoms with Gasteiger partial charge < -0.3 is 75.1 Å². The molecule has 0 aliphatic carbocycles. The Hall–Kier alpha value is -6.93. The molecular formula is C41H69N11O16. The van der Waals surface area contributed by atoms with E-state index in [4.69, 9.17) is 17.2 Å². The van der Waals surface area contributed by atoms with Gasteiger partial charge in [0.05, 0.1) is 6.04 Å². The molecular weight excluding hydrogens is 903 g/mol. The predicted octanol–water partition coefficient (Wildman–Crippen LogP) is -4.31. The summed E-state index contributed by atoms with van der Waals surface area (Å²) in [5.41, 5.74) is 16.2. The highest BCUT2D eigenvalue weighted by Crippen LogP contribution is 2.10. The van der Waals surface area contributed by atoms with E-state index in [9.17, 15) is 77.6 Å². The van der Waals surface area contributed by atoms with E-state index in [0.717, 1.165) is 6.92 Å². The van der Waals surface area contributed by atoms with Crippen LogP contribution in [0.4, 0.5) is 0 Å². The first-order valence-electron chi connectivity index (χ1n) is 21.9. The lowest BCUT2D eigenvalue weighted by Crippen LogP contribution is -2.60. The van der Waals surface area contributed by atoms with Crippen LogP contribution in [0.15, 0.2) is 0 Å². The zero-order valence-corrected chi connectivity index (χ0v) is 39.3. The summed E-state index contributed by atoms with van der Waals surface area (Å²) in [5, 5.41) is 46.7. The molecule has 0 rings (SSSR count). The number of hydrogen-bond donors (Lipinski definition) is 14. The van der Waals surface area contributed by atoms with Crippen LogP contribution in [0.5, 0.6) is 0 Å². The van der Waals surface area contributed by atoms with Gasteiger partial charge in [-0.25, -0.2) is 4.79 Å². The lowest BCUT2D eigenvalue weighted by molar-refractivity contribution is -0.142. The second-order valence-electron chi connectivity index (χ2n) is 17.1. The Morgan fingerprint density at radius 3 is 0.926 bits per heavy atom. The van der Waals surface area contributed by atoms with Gasteiger partial charge in [0, 0.05) is 25.7 Å². The van der Waals surface area contributed by atoms with E-state index in [1.165, 1.54) is 13.8 Å². The van der Waals surface area contributed by atoms with Crippen LogP contribution in [-0.2, 0) is 62.3 Å². The van der Waals surface area contributed by atoms with Crippen molar-refractivity contribution in [3.8, 4) is 0 Å². The highest BCUT2D eigenvalue weighted by atomic mass is 16.4. The van der Waals surface area contributed by atoms with E-state index in [0.29, 0.717) is 0 Å². The van der Waals surface area contributed by atoms with Gasteiger partial charge in [-0.3, -0.25) is 57.5 Å². The third-order valence-electron chi connectivity index (χ3n) is 9.76. The summed E-state index contributed by atoms with van der Waals surface area (Å²) >= 11 is 0. The number of carboxylic acid groups (broad SMARTS) is 3. The van der Waals surface area contributed by atoms with Crippen LogP contribution in [0.25, 0.3) is 0 Å². The van der Waals surface area contributed by atoms with Gasteiger partial charge in [-0.1, -0.05) is 27.7 Å². The maximum absolute atomic E-state index is 13.7. The first-order valence-corrected chi connectivity index (χ1v) is 21.9. The summed E-state index contributed by atoms with van der Waals surface area (Å²) in [5.74, 6) is -14.2. The zero-order valence-electron chi connectivity index (χ0n) is 39.3. The van der Waals surface area contributed by atoms with Crippen molar-refractivity contribution in [1.82, 2.24) is 42.5 Å². The van der Waals surface area contributed by atoms with Crippen molar-refractivity contribution < 1.29 is 77.6 Å². The van der Waals surface area contributed by atoms with Crippen LogP contribution in [0, 0.1) is 11.8 Å². The molecule has 384 valence electrons. The number of hydrogen-bond acceptors (Lipinski definition) is 14. The van der Waals surface area contributed by atoms with Crippen molar-refractivity contribution in [3.05, 3.63) is 0 Å². The molecule has 0 saturated carbocycles. The Bertz CT molecular complexity index is 1840. The van der Waals surface area contributed by atoms with Gasteiger partial charge in [0.15, 0.2) is 0 Å². The average molecular weight is 972 g/mol. The largest absolute Gasteiger partial charge is 0.481 e. The molecule has 0 radical (unpaired) electrons. The maximum atomic E-state index is 13.7. The molecule has 17 N–H and O–H groups in total. The third kappa shape index (κ3) is 25.1. The normalized spacial score (nSPS) is 15.0. The predicted molar refractivity (Wildman–Crippen MR) is 238 cm³/mol. The number of primary amides is 2. The Balaban J connectivity index is 6.45. The molecule has 0 unspecified atom stereocenters. The van der Waals surface area contributed by atoms with Crippen LogP contribution in [0.2, 0.25) is 0 Å². The molecule has 0 aromatic rings. The smallest absolute Gasteiger partial charge is 0.326 e. The first-order chi connectivity index (χ1) is 31.4. The summed E-state index contributed by atoms with van der Waals surface area (Å²) in [6, 6.07) is -13.1. The molecule has 0 aromatic carbocycles. The summed E-state index contributed by atoms with van der Waals surface area (Å²) in [6.07, 6.45) is -4.26. The molecule has 0 heterocycles. The monoisotopic (exact) mass is 971 g/mol. The van der Waals surface area contributed by atoms with E-state index in [1.807, 2.05) is 0 Å². The second-order valence-corrected chi connectivity index (χ2v) is 17.1. The van der Waals surface area contributed by atoms with Crippen LogP contribution in [0.1, 0.15) is 113 Å². The molecule has 9 atom stereocenters. The Morgan fingerprint density at radius 1 is 0.368 bits per heavy atom. The molecule has 10 amide bonds. The van der Waals surface area contributed by atoms with Crippen LogP contribution in [-0.4, -0.2) is 147 Å². The van der Waals surface area contributed by atoms with Crippen LogP contribution >= 0.6 is 0 Å². The lowest BCUT2D eigenvalue weighted by atomic mass is 10.0. The summed E-state index contributed by atoms with van der Waals surface area (Å²) in [6.45, 7) is 10.7. The summed E-state index contributed by atoms with van der Waals surface area (Å²) in [7, 11) is 0. The Kier molecular flexibility index (Phi) is 27.3. The average Bonchev–Trinajstić information content (AvgIpc) is 3.21. The Morgan fingerprint density at radius 2 is 0.632 bits per heavy atom. The van der Waals surface area contributed by atoms with Gasteiger partial charge in [0.1, 0.15) is 48.3 Å². The highest BCUT2D eigenvalue weighted by Gasteiger charge is 2.34. The van der Waals surface area contributed by atoms with Gasteiger partial charge in [0.25, 0.3) is 0 Å². The lowest BCUT2D eigenvalue weighted by Gasteiger charge is -2.27. The van der Waals surface area contributed by atoms with Gasteiger partial charge >= 0.3 is 17.9 Å². The van der Waals surface area contributed by atoms with Crippen molar-refractivity contribution in [2.45, 2.75) is 167 Å². The van der Waals surface area contributed by atoms with Crippen molar-refractivity contribution >= 4 is 77.0 Å². The fourth-order valence-electron chi connectivity index (χ4n) is 6.05. The van der Waals surface area contributed by atoms with Crippen LogP contribution in [0.3, 0.4) is 0 Å². The molecule has 0 spiro atoms. The third-order valence-corrected chi connectivity index (χ3v) is 9.76. The molecule has 0 aliphatic rings. The fourth-order valence-corrected chi connectivity index (χ4v) is 6.05. The molecule has 27 heteroatoms. The molecule has 0 saturated heterocycles. The number of aliphatic carboxylic acids is 3. The number of carbonyl (C=O) groups is 13. The van der Waals surface area contributed by atoms with E-state index in [-0.39, 0.29) is 24.7 Å². The summed E-state index contributed by atoms with van der Waals surface area (Å²) in [4.78, 5) is 164. The van der Waals surface area contributed by atoms with Crippen molar-refractivity contribution in [2.75, 3.05) is 0 Å². The van der Waals surface area contributed by atoms with E-state index < -0.39 is 183 Å². The SMILES string of the molecule is CC(C)C[C@H](NC(=O)[C@H](C)NC(=O)[C@H](CCC(=O)O)NC(=O)[C@H](CCC(N)=O)NC(=O)[C@H](CCC(N)=O)NC(=O)[C@H](C)NC(=O)[C@H](CCC(=O)O)NC(=O)[C@H](CC(C)C)NC(=O)[C@H](C)N)C(=O)O. The van der Waals surface area contributed by atoms with Crippen LogP contribution < -0.4 is 59.7 Å². The quantitative estimate of drug-likeness (QED) is 0.0296. The number of nitrogens with one attached hydrogen (secondary N) is 8. The highest BCUT2D eigenvalue weighted by molar-refractivity contribution is 5.98. The maximum Gasteiger partial charge on any atom is 0.326 e. The molecule has 0 aliphatic heterocycles. The zero-order chi connectivity index (χ0) is 52.6. The minimum atomic E-state index is -1.73. The minimum absolute atomic E-state index is 0.0521. The number of carbonyl (C=O) groups excluding carboxylic acids is 10. The fraction of sp³-hybridized carbons (Fsp3) is 0.683. The standard InChI is InChI=1S/C41H69N11O16/c1-18(2)16-27(51-33(59)20(5)42)40(66)50-26(11-15-32(57)58)37(63)45-21(6)34(60)47-23(8-12-29(43)53)38(64)48-24(9-13-30(44)54)39(65)49-25(10-14-31(55)56)36(62)46-22(7)35(61)52-28(41(67)68)17-19(3)4/h18-28H,8-17,42H2,1-7H3,(H2,43,53)(H2,44,54)(H,45,63)(H,46,62)(H,47,60)(H,48,64)(H,49,65)(H,50,66)(H,51,59)(H,52,61)(H,55,56)(H,57,58)(H,67,68)/t20-,21-,22-,23-,24-,25-,26-,27-,28-/m0/s1. The molecule has 0 bridgehead atoms. The minimum Gasteiger partial charge on any atom is -0.481 e. The van der Waals surface area contributed by atoms with Gasteiger partial charge in [-0.15, -0.1) is 0 Å². The van der Waals surface area contributed by atoms with Crippen molar-refractivity contribution in [3.63, 3.8) is 0 Å². The number of carboxylic acids is 3.